The molecule has 0 unspecified atom stereocenters. The van der Waals surface area contributed by atoms with E-state index in [1.165, 1.54) is 0 Å². The van der Waals surface area contributed by atoms with Crippen molar-refractivity contribution in [1.82, 2.24) is 9.88 Å². The van der Waals surface area contributed by atoms with E-state index in [1.807, 2.05) is 42.5 Å². The number of hydrogen-bond donors (Lipinski definition) is 1. The number of pyridine rings is 1. The molecule has 3 aromatic rings. The summed E-state index contributed by atoms with van der Waals surface area (Å²) >= 11 is 0. The Labute approximate surface area is 168 Å². The van der Waals surface area contributed by atoms with E-state index >= 15 is 0 Å². The van der Waals surface area contributed by atoms with Crippen molar-refractivity contribution in [3.63, 3.8) is 0 Å². The van der Waals surface area contributed by atoms with Gasteiger partial charge in [-0.3, -0.25) is 9.59 Å². The zero-order valence-electron chi connectivity index (χ0n) is 15.7. The molecule has 0 aliphatic carbocycles. The molecule has 0 saturated carbocycles. The van der Waals surface area contributed by atoms with Crippen molar-refractivity contribution >= 4 is 17.5 Å². The van der Waals surface area contributed by atoms with E-state index in [4.69, 9.17) is 4.42 Å². The maximum atomic E-state index is 12.6. The first kappa shape index (κ1) is 18.5. The summed E-state index contributed by atoms with van der Waals surface area (Å²) in [6.45, 7) is 0.763. The molecule has 3 heterocycles. The standard InChI is InChI=1S/C23H19N3O3/c27-22-14-18(15-26(22)16-21-8-4-12-29-21)23(28)25-20-7-3-5-17(13-20)9-10-19-6-1-2-11-24-19/h1-8,11-13,18H,14-16H2,(H,25,28)/t18-/m1/s1. The van der Waals surface area contributed by atoms with Crippen LogP contribution in [0.1, 0.15) is 23.4 Å². The third-order valence-corrected chi connectivity index (χ3v) is 4.64. The van der Waals surface area contributed by atoms with E-state index < -0.39 is 0 Å². The van der Waals surface area contributed by atoms with Crippen molar-refractivity contribution in [3.05, 3.63) is 84.1 Å². The van der Waals surface area contributed by atoms with E-state index in [2.05, 4.69) is 22.1 Å². The van der Waals surface area contributed by atoms with Crippen molar-refractivity contribution in [3.8, 4) is 11.8 Å². The number of likely N-dealkylation sites (tertiary alicyclic amines) is 1. The average molecular weight is 385 g/mol. The van der Waals surface area contributed by atoms with Crippen LogP contribution in [0.4, 0.5) is 5.69 Å². The van der Waals surface area contributed by atoms with Crippen molar-refractivity contribution in [1.29, 1.82) is 0 Å². The number of anilines is 1. The van der Waals surface area contributed by atoms with Crippen LogP contribution in [0.15, 0.2) is 71.5 Å². The van der Waals surface area contributed by atoms with Gasteiger partial charge in [-0.2, -0.15) is 0 Å². The summed E-state index contributed by atoms with van der Waals surface area (Å²) in [5.41, 5.74) is 2.11. The van der Waals surface area contributed by atoms with Gasteiger partial charge in [-0.15, -0.1) is 0 Å². The van der Waals surface area contributed by atoms with E-state index in [1.54, 1.807) is 29.5 Å². The van der Waals surface area contributed by atoms with Gasteiger partial charge in [0.25, 0.3) is 0 Å². The first-order chi connectivity index (χ1) is 14.2. The number of hydrogen-bond acceptors (Lipinski definition) is 4. The highest BCUT2D eigenvalue weighted by Gasteiger charge is 2.34. The summed E-state index contributed by atoms with van der Waals surface area (Å²) < 4.78 is 5.29. The lowest BCUT2D eigenvalue weighted by atomic mass is 10.1. The highest BCUT2D eigenvalue weighted by molar-refractivity contribution is 5.97. The summed E-state index contributed by atoms with van der Waals surface area (Å²) in [5, 5.41) is 2.90. The number of furan rings is 1. The van der Waals surface area contributed by atoms with Gasteiger partial charge >= 0.3 is 0 Å². The molecule has 0 spiro atoms. The van der Waals surface area contributed by atoms with Crippen LogP contribution in [0.25, 0.3) is 0 Å². The lowest BCUT2D eigenvalue weighted by Crippen LogP contribution is -2.27. The second-order valence-corrected chi connectivity index (χ2v) is 6.79. The van der Waals surface area contributed by atoms with Crippen LogP contribution in [0.3, 0.4) is 0 Å². The predicted molar refractivity (Wildman–Crippen MR) is 108 cm³/mol. The van der Waals surface area contributed by atoms with Crippen LogP contribution in [0.5, 0.6) is 0 Å². The maximum Gasteiger partial charge on any atom is 0.229 e. The van der Waals surface area contributed by atoms with E-state index in [9.17, 15) is 9.59 Å². The zero-order valence-corrected chi connectivity index (χ0v) is 15.7. The molecular formula is C23H19N3O3. The fourth-order valence-electron chi connectivity index (χ4n) is 3.18. The Morgan fingerprint density at radius 1 is 1.17 bits per heavy atom. The number of rotatable bonds is 4. The molecule has 1 saturated heterocycles. The maximum absolute atomic E-state index is 12.6. The summed E-state index contributed by atoms with van der Waals surface area (Å²) in [6.07, 6.45) is 3.47. The molecular weight excluding hydrogens is 366 g/mol. The van der Waals surface area contributed by atoms with Gasteiger partial charge in [-0.25, -0.2) is 4.98 Å². The Morgan fingerprint density at radius 2 is 2.10 bits per heavy atom. The summed E-state index contributed by atoms with van der Waals surface area (Å²) in [7, 11) is 0. The van der Waals surface area contributed by atoms with E-state index in [-0.39, 0.29) is 24.2 Å². The Morgan fingerprint density at radius 3 is 2.90 bits per heavy atom. The molecule has 29 heavy (non-hydrogen) atoms. The van der Waals surface area contributed by atoms with Crippen LogP contribution in [0.2, 0.25) is 0 Å². The monoisotopic (exact) mass is 385 g/mol. The molecule has 6 nitrogen and oxygen atoms in total. The van der Waals surface area contributed by atoms with Gasteiger partial charge in [0.1, 0.15) is 11.5 Å². The minimum atomic E-state index is -0.388. The van der Waals surface area contributed by atoms with Crippen LogP contribution >= 0.6 is 0 Å². The molecule has 1 aliphatic heterocycles. The molecule has 1 N–H and O–H groups in total. The fraction of sp³-hybridized carbons (Fsp3) is 0.174. The minimum absolute atomic E-state index is 0.0449. The fourth-order valence-corrected chi connectivity index (χ4v) is 3.18. The van der Waals surface area contributed by atoms with E-state index in [0.29, 0.717) is 30.2 Å². The minimum Gasteiger partial charge on any atom is -0.467 e. The van der Waals surface area contributed by atoms with Crippen LogP contribution in [-0.2, 0) is 16.1 Å². The number of carbonyl (C=O) groups is 2. The van der Waals surface area contributed by atoms with Crippen molar-refractivity contribution in [2.75, 3.05) is 11.9 Å². The molecule has 0 bridgehead atoms. The van der Waals surface area contributed by atoms with Gasteiger partial charge in [0, 0.05) is 30.4 Å². The van der Waals surface area contributed by atoms with Crippen molar-refractivity contribution in [2.24, 2.45) is 5.92 Å². The largest absolute Gasteiger partial charge is 0.467 e. The topological polar surface area (TPSA) is 75.4 Å². The van der Waals surface area contributed by atoms with Crippen molar-refractivity contribution < 1.29 is 14.0 Å². The third kappa shape index (κ3) is 4.71. The Hall–Kier alpha value is -3.85. The lowest BCUT2D eigenvalue weighted by Gasteiger charge is -2.15. The normalized spacial score (nSPS) is 15.7. The SMILES string of the molecule is O=C(Nc1cccc(C#Cc2ccccn2)c1)[C@@H]1CC(=O)N(Cc2ccco2)C1. The molecule has 1 aromatic carbocycles. The first-order valence-corrected chi connectivity index (χ1v) is 9.31. The van der Waals surface area contributed by atoms with Crippen LogP contribution < -0.4 is 5.32 Å². The predicted octanol–water partition coefficient (Wildman–Crippen LogP) is 3.06. The second-order valence-electron chi connectivity index (χ2n) is 6.79. The number of aromatic nitrogens is 1. The lowest BCUT2D eigenvalue weighted by molar-refractivity contribution is -0.128. The van der Waals surface area contributed by atoms with Gasteiger partial charge in [-0.1, -0.05) is 18.1 Å². The summed E-state index contributed by atoms with van der Waals surface area (Å²) in [6, 6.07) is 16.5. The average Bonchev–Trinajstić information content (AvgIpc) is 3.38. The highest BCUT2D eigenvalue weighted by Crippen LogP contribution is 2.22. The second kappa shape index (κ2) is 8.44. The van der Waals surface area contributed by atoms with Gasteiger partial charge in [0.05, 0.1) is 18.7 Å². The Kier molecular flexibility index (Phi) is 5.39. The summed E-state index contributed by atoms with van der Waals surface area (Å²) in [5.74, 6) is 6.14. The molecule has 0 radical (unpaired) electrons. The third-order valence-electron chi connectivity index (χ3n) is 4.64. The molecule has 4 rings (SSSR count). The molecule has 1 atom stereocenters. The first-order valence-electron chi connectivity index (χ1n) is 9.31. The molecule has 6 heteroatoms. The number of amides is 2. The van der Waals surface area contributed by atoms with Gasteiger partial charge in [-0.05, 0) is 48.4 Å². The number of nitrogens with zero attached hydrogens (tertiary/aromatic N) is 2. The van der Waals surface area contributed by atoms with Gasteiger partial charge in [0.15, 0.2) is 0 Å². The van der Waals surface area contributed by atoms with Gasteiger partial charge < -0.3 is 14.6 Å². The zero-order chi connectivity index (χ0) is 20.1. The Bertz CT molecular complexity index is 1070. The quantitative estimate of drug-likeness (QED) is 0.701. The molecule has 2 amide bonds. The number of nitrogens with one attached hydrogen (secondary N) is 1. The molecule has 144 valence electrons. The van der Waals surface area contributed by atoms with Crippen LogP contribution in [0, 0.1) is 17.8 Å². The Balaban J connectivity index is 1.39. The number of carbonyl (C=O) groups excluding carboxylic acids is 2. The smallest absolute Gasteiger partial charge is 0.229 e. The molecule has 1 fully saturated rings. The van der Waals surface area contributed by atoms with Crippen LogP contribution in [-0.4, -0.2) is 28.2 Å². The van der Waals surface area contributed by atoms with Crippen molar-refractivity contribution in [2.45, 2.75) is 13.0 Å². The van der Waals surface area contributed by atoms with E-state index in [0.717, 1.165) is 5.56 Å². The summed E-state index contributed by atoms with van der Waals surface area (Å²) in [4.78, 5) is 30.7. The molecule has 1 aliphatic rings. The molecule has 2 aromatic heterocycles. The van der Waals surface area contributed by atoms with Gasteiger partial charge in [0.2, 0.25) is 11.8 Å². The number of benzene rings is 1. The highest BCUT2D eigenvalue weighted by atomic mass is 16.3.